The van der Waals surface area contributed by atoms with Crippen molar-refractivity contribution in [2.75, 3.05) is 13.1 Å². The van der Waals surface area contributed by atoms with Gasteiger partial charge in [0, 0.05) is 68.5 Å². The van der Waals surface area contributed by atoms with Crippen LogP contribution in [0.5, 0.6) is 11.8 Å². The number of ether oxygens (including phenoxy) is 1. The molecular weight excluding hydrogens is 516 g/mol. The van der Waals surface area contributed by atoms with E-state index in [1.54, 1.807) is 12.4 Å². The summed E-state index contributed by atoms with van der Waals surface area (Å²) in [5.41, 5.74) is 3.95. The Labute approximate surface area is 243 Å². The summed E-state index contributed by atoms with van der Waals surface area (Å²) in [7, 11) is 0. The summed E-state index contributed by atoms with van der Waals surface area (Å²) in [4.78, 5) is 32.9. The Morgan fingerprint density at radius 3 is 1.98 bits per heavy atom. The van der Waals surface area contributed by atoms with Crippen LogP contribution in [-0.2, 0) is 17.6 Å². The van der Waals surface area contributed by atoms with E-state index in [0.29, 0.717) is 36.8 Å². The number of hydrogen-bond acceptors (Lipinski definition) is 7. The Hall–Kier alpha value is -3.43. The van der Waals surface area contributed by atoms with E-state index in [9.17, 15) is 9.90 Å². The second-order valence-electron chi connectivity index (χ2n) is 11.8. The molecule has 9 heteroatoms. The maximum Gasteiger partial charge on any atom is 0.312 e. The average molecular weight is 563 g/mol. The van der Waals surface area contributed by atoms with Crippen molar-refractivity contribution in [3.63, 3.8) is 0 Å². The molecule has 4 aromatic heterocycles. The average Bonchev–Trinajstić information content (AvgIpc) is 3.53. The number of H-pyrrole nitrogens is 2. The zero-order chi connectivity index (χ0) is 29.7. The molecule has 0 aromatic carbocycles. The topological polar surface area (TPSA) is 110 Å². The number of carbonyl (C=O) groups is 1. The number of carbonyl (C=O) groups excluding carboxylic acids is 1. The largest absolute Gasteiger partial charge is 0.493 e. The Morgan fingerprint density at radius 2 is 1.37 bits per heavy atom. The second-order valence-corrected chi connectivity index (χ2v) is 11.8. The fraction of sp³-hybridized carbons (Fsp3) is 0.531. The summed E-state index contributed by atoms with van der Waals surface area (Å²) < 4.78 is 5.86. The van der Waals surface area contributed by atoms with Crippen LogP contribution >= 0.6 is 0 Å². The predicted octanol–water partition coefficient (Wildman–Crippen LogP) is 5.83. The highest BCUT2D eigenvalue weighted by Crippen LogP contribution is 2.29. The van der Waals surface area contributed by atoms with Gasteiger partial charge >= 0.3 is 5.97 Å². The van der Waals surface area contributed by atoms with E-state index in [1.807, 2.05) is 24.5 Å². The number of fused-ring (bicyclic) bond motifs is 2. The molecule has 4 heterocycles. The molecule has 0 saturated carbocycles. The number of rotatable bonds is 14. The van der Waals surface area contributed by atoms with Gasteiger partial charge in [-0.05, 0) is 91.0 Å². The zero-order valence-corrected chi connectivity index (χ0v) is 25.6. The number of aromatic nitrogens is 4. The lowest BCUT2D eigenvalue weighted by atomic mass is 10.1. The van der Waals surface area contributed by atoms with E-state index in [1.165, 1.54) is 0 Å². The summed E-state index contributed by atoms with van der Waals surface area (Å²) in [6.07, 6.45) is 9.81. The monoisotopic (exact) mass is 562 g/mol. The Bertz CT molecular complexity index is 1430. The van der Waals surface area contributed by atoms with Gasteiger partial charge in [-0.1, -0.05) is 0 Å². The molecule has 1 unspecified atom stereocenters. The molecule has 4 rings (SSSR count). The van der Waals surface area contributed by atoms with Crippen LogP contribution in [0.1, 0.15) is 72.4 Å². The molecule has 0 bridgehead atoms. The lowest BCUT2D eigenvalue weighted by molar-refractivity contribution is -0.135. The van der Waals surface area contributed by atoms with Crippen molar-refractivity contribution < 1.29 is 14.6 Å². The molecule has 0 aliphatic carbocycles. The first kappa shape index (κ1) is 30.5. The summed E-state index contributed by atoms with van der Waals surface area (Å²) in [6.45, 7) is 17.1. The van der Waals surface area contributed by atoms with E-state index in [4.69, 9.17) is 4.74 Å². The third-order valence-electron chi connectivity index (χ3n) is 8.10. The van der Waals surface area contributed by atoms with Crippen LogP contribution < -0.4 is 4.74 Å². The second kappa shape index (κ2) is 13.5. The molecule has 0 aliphatic rings. The summed E-state index contributed by atoms with van der Waals surface area (Å²) in [6, 6.07) is 5.16. The van der Waals surface area contributed by atoms with Crippen LogP contribution in [0.15, 0.2) is 36.9 Å². The number of aromatic amines is 2. The molecule has 3 N–H and O–H groups in total. The molecule has 222 valence electrons. The Morgan fingerprint density at radius 1 is 0.829 bits per heavy atom. The van der Waals surface area contributed by atoms with Crippen molar-refractivity contribution in [2.45, 2.75) is 98.3 Å². The SMILES string of the molecule is CC(C)N(CCc1c[nH]c2ccnc(OC(=O)CCC(C)N(CCc3c[nH]c4ccnc(O)c34)C(C)C)c12)C(C)C. The van der Waals surface area contributed by atoms with E-state index >= 15 is 0 Å². The van der Waals surface area contributed by atoms with Crippen molar-refractivity contribution in [1.82, 2.24) is 29.7 Å². The maximum absolute atomic E-state index is 13.0. The summed E-state index contributed by atoms with van der Waals surface area (Å²) in [5.74, 6) is 0.161. The van der Waals surface area contributed by atoms with Crippen LogP contribution in [0, 0.1) is 0 Å². The van der Waals surface area contributed by atoms with Crippen LogP contribution in [0.3, 0.4) is 0 Å². The standard InChI is InChI=1S/C32H46N6O3/c1-20(2)37(21(3)4)16-12-25-19-36-27-11-15-34-32(30(25)27)41-28(39)9-8-23(7)38(22(5)6)17-13-24-18-35-26-10-14-33-31(40)29(24)26/h10-11,14-15,18-23,35-36H,8-9,12-13,16-17H2,1-7H3,(H,33,40). The van der Waals surface area contributed by atoms with E-state index in [-0.39, 0.29) is 17.9 Å². The highest BCUT2D eigenvalue weighted by molar-refractivity contribution is 5.90. The zero-order valence-electron chi connectivity index (χ0n) is 25.6. The molecule has 1 atom stereocenters. The smallest absolute Gasteiger partial charge is 0.312 e. The molecule has 9 nitrogen and oxygen atoms in total. The first-order valence-corrected chi connectivity index (χ1v) is 14.9. The minimum Gasteiger partial charge on any atom is -0.493 e. The van der Waals surface area contributed by atoms with Crippen LogP contribution in [0.25, 0.3) is 21.8 Å². The van der Waals surface area contributed by atoms with Gasteiger partial charge in [0.05, 0.1) is 21.8 Å². The first-order valence-electron chi connectivity index (χ1n) is 14.9. The van der Waals surface area contributed by atoms with Crippen molar-refractivity contribution in [3.05, 3.63) is 48.0 Å². The summed E-state index contributed by atoms with van der Waals surface area (Å²) in [5, 5.41) is 11.9. The lowest BCUT2D eigenvalue weighted by Gasteiger charge is -2.32. The van der Waals surface area contributed by atoms with Crippen LogP contribution in [-0.4, -0.2) is 78.1 Å². The number of hydrogen-bond donors (Lipinski definition) is 3. The molecule has 41 heavy (non-hydrogen) atoms. The van der Waals surface area contributed by atoms with E-state index < -0.39 is 0 Å². The highest BCUT2D eigenvalue weighted by atomic mass is 16.5. The lowest BCUT2D eigenvalue weighted by Crippen LogP contribution is -2.40. The molecule has 0 saturated heterocycles. The molecular formula is C32H46N6O3. The van der Waals surface area contributed by atoms with Crippen molar-refractivity contribution in [2.24, 2.45) is 0 Å². The normalized spacial score (nSPS) is 13.1. The van der Waals surface area contributed by atoms with Gasteiger partial charge in [-0.3, -0.25) is 14.6 Å². The Balaban J connectivity index is 1.37. The fourth-order valence-electron chi connectivity index (χ4n) is 5.96. The van der Waals surface area contributed by atoms with Crippen LogP contribution in [0.4, 0.5) is 0 Å². The number of aromatic hydroxyl groups is 1. The number of pyridine rings is 2. The van der Waals surface area contributed by atoms with E-state index in [0.717, 1.165) is 58.9 Å². The van der Waals surface area contributed by atoms with Gasteiger partial charge in [-0.2, -0.15) is 0 Å². The highest BCUT2D eigenvalue weighted by Gasteiger charge is 2.22. The molecule has 0 aliphatic heterocycles. The molecule has 0 spiro atoms. The maximum atomic E-state index is 13.0. The van der Waals surface area contributed by atoms with Crippen molar-refractivity contribution in [1.29, 1.82) is 0 Å². The number of esters is 1. The van der Waals surface area contributed by atoms with Crippen molar-refractivity contribution >= 4 is 27.8 Å². The van der Waals surface area contributed by atoms with Gasteiger partial charge in [0.1, 0.15) is 0 Å². The minimum atomic E-state index is -0.272. The minimum absolute atomic E-state index is 0.0528. The fourth-order valence-corrected chi connectivity index (χ4v) is 5.96. The van der Waals surface area contributed by atoms with Gasteiger partial charge in [0.15, 0.2) is 0 Å². The van der Waals surface area contributed by atoms with Gasteiger partial charge in [0.25, 0.3) is 0 Å². The molecule has 4 aromatic rings. The molecule has 0 amide bonds. The van der Waals surface area contributed by atoms with Crippen LogP contribution in [0.2, 0.25) is 0 Å². The number of nitrogens with zero attached hydrogens (tertiary/aromatic N) is 4. The van der Waals surface area contributed by atoms with Gasteiger partial charge < -0.3 is 19.8 Å². The third-order valence-corrected chi connectivity index (χ3v) is 8.10. The number of nitrogens with one attached hydrogen (secondary N) is 2. The van der Waals surface area contributed by atoms with Crippen molar-refractivity contribution in [3.8, 4) is 11.8 Å². The predicted molar refractivity (Wildman–Crippen MR) is 164 cm³/mol. The van der Waals surface area contributed by atoms with Gasteiger partial charge in [0.2, 0.25) is 11.8 Å². The van der Waals surface area contributed by atoms with Gasteiger partial charge in [-0.15, -0.1) is 0 Å². The van der Waals surface area contributed by atoms with E-state index in [2.05, 4.69) is 78.2 Å². The van der Waals surface area contributed by atoms with Gasteiger partial charge in [-0.25, -0.2) is 9.97 Å². The Kier molecular flexibility index (Phi) is 10.0. The first-order chi connectivity index (χ1) is 19.6. The molecule has 0 fully saturated rings. The quantitative estimate of drug-likeness (QED) is 0.166. The molecule has 0 radical (unpaired) electrons. The summed E-state index contributed by atoms with van der Waals surface area (Å²) >= 11 is 0. The third kappa shape index (κ3) is 7.26.